The van der Waals surface area contributed by atoms with Crippen LogP contribution in [0.3, 0.4) is 0 Å². The van der Waals surface area contributed by atoms with Gasteiger partial charge in [0.25, 0.3) is 0 Å². The number of methoxy groups -OCH3 is 1. The second kappa shape index (κ2) is 12.0. The number of ether oxygens (including phenoxy) is 1. The molecular weight excluding hydrogens is 533 g/mol. The van der Waals surface area contributed by atoms with E-state index in [2.05, 4.69) is 33.5 Å². The maximum absolute atomic E-state index is 14.1. The van der Waals surface area contributed by atoms with Crippen molar-refractivity contribution >= 4 is 11.8 Å². The van der Waals surface area contributed by atoms with Crippen molar-refractivity contribution in [2.75, 3.05) is 45.7 Å². The van der Waals surface area contributed by atoms with Crippen LogP contribution in [0.5, 0.6) is 0 Å². The van der Waals surface area contributed by atoms with Gasteiger partial charge in [-0.25, -0.2) is 13.9 Å². The lowest BCUT2D eigenvalue weighted by Crippen LogP contribution is -2.42. The van der Waals surface area contributed by atoms with E-state index in [1.54, 1.807) is 23.9 Å². The molecule has 0 bridgehead atoms. The Balaban J connectivity index is 1.28. The number of carbonyl (C=O) groups excluding carboxylic acids is 1. The summed E-state index contributed by atoms with van der Waals surface area (Å²) >= 11 is 0. The second-order valence-electron chi connectivity index (χ2n) is 11.2. The van der Waals surface area contributed by atoms with Crippen LogP contribution in [0, 0.1) is 12.7 Å². The number of urea groups is 1. The number of halogens is 1. The number of para-hydroxylation sites is 1. The number of carbonyl (C=O) groups is 1. The average Bonchev–Trinajstić information content (AvgIpc) is 3.66. The average molecular weight is 570 g/mol. The van der Waals surface area contributed by atoms with Crippen molar-refractivity contribution in [2.45, 2.75) is 32.0 Å². The summed E-state index contributed by atoms with van der Waals surface area (Å²) in [5, 5.41) is 11.2. The second-order valence-corrected chi connectivity index (χ2v) is 11.2. The summed E-state index contributed by atoms with van der Waals surface area (Å²) in [5.41, 5.74) is 6.47. The maximum Gasteiger partial charge on any atom is 0.320 e. The topological polar surface area (TPSA) is 87.6 Å². The van der Waals surface area contributed by atoms with Gasteiger partial charge in [-0.15, -0.1) is 0 Å². The van der Waals surface area contributed by atoms with Gasteiger partial charge < -0.3 is 10.1 Å². The zero-order chi connectivity index (χ0) is 29.2. The number of nitrogens with one attached hydrogen (secondary N) is 2. The molecular formula is C32H36FN7O2. The number of anilines is 1. The van der Waals surface area contributed by atoms with Gasteiger partial charge in [0.05, 0.1) is 24.0 Å². The Labute approximate surface area is 245 Å². The molecule has 2 aromatic carbocycles. The number of rotatable bonds is 8. The van der Waals surface area contributed by atoms with Gasteiger partial charge in [0.1, 0.15) is 17.3 Å². The molecule has 10 heteroatoms. The van der Waals surface area contributed by atoms with Gasteiger partial charge in [-0.1, -0.05) is 30.3 Å². The molecule has 42 heavy (non-hydrogen) atoms. The van der Waals surface area contributed by atoms with Crippen molar-refractivity contribution in [3.63, 3.8) is 0 Å². The summed E-state index contributed by atoms with van der Waals surface area (Å²) in [5.74, 6) is 0.227. The van der Waals surface area contributed by atoms with Crippen LogP contribution >= 0.6 is 0 Å². The fraction of sp³-hybridized carbons (Fsp3) is 0.344. The van der Waals surface area contributed by atoms with Gasteiger partial charge in [0.15, 0.2) is 0 Å². The summed E-state index contributed by atoms with van der Waals surface area (Å²) in [6, 6.07) is 17.9. The molecule has 6 rings (SSSR count). The minimum Gasteiger partial charge on any atom is -0.383 e. The summed E-state index contributed by atoms with van der Waals surface area (Å²) in [6.45, 7) is 6.35. The molecule has 0 spiro atoms. The van der Waals surface area contributed by atoms with Gasteiger partial charge in [-0.3, -0.25) is 20.1 Å². The number of aromatic nitrogens is 3. The van der Waals surface area contributed by atoms with Crippen LogP contribution < -0.4 is 10.6 Å². The Kier molecular flexibility index (Phi) is 8.01. The fourth-order valence-corrected chi connectivity index (χ4v) is 6.05. The SMILES string of the molecule is COCCN1CC(NC(=O)Nc2c(C)c(-c3cc4c(cn3)CN(C)C4)nn2-c2ccccc2)C(c2cccc(F)c2)C1. The van der Waals surface area contributed by atoms with E-state index < -0.39 is 0 Å². The highest BCUT2D eigenvalue weighted by molar-refractivity contribution is 5.91. The highest BCUT2D eigenvalue weighted by atomic mass is 19.1. The third kappa shape index (κ3) is 5.78. The Hall–Kier alpha value is -4.12. The Morgan fingerprint density at radius 2 is 1.88 bits per heavy atom. The van der Waals surface area contributed by atoms with E-state index in [-0.39, 0.29) is 23.8 Å². The van der Waals surface area contributed by atoms with Gasteiger partial charge in [-0.2, -0.15) is 5.10 Å². The number of hydrogen-bond acceptors (Lipinski definition) is 6. The number of likely N-dealkylation sites (tertiary alicyclic amines) is 1. The van der Waals surface area contributed by atoms with Crippen LogP contribution in [0.1, 0.15) is 28.2 Å². The molecule has 4 heterocycles. The smallest absolute Gasteiger partial charge is 0.320 e. The normalized spacial score (nSPS) is 18.8. The van der Waals surface area contributed by atoms with E-state index in [1.807, 2.05) is 49.5 Å². The lowest BCUT2D eigenvalue weighted by atomic mass is 9.94. The number of nitrogens with zero attached hydrogens (tertiary/aromatic N) is 5. The lowest BCUT2D eigenvalue weighted by Gasteiger charge is -2.21. The molecule has 9 nitrogen and oxygen atoms in total. The monoisotopic (exact) mass is 569 g/mol. The maximum atomic E-state index is 14.1. The Morgan fingerprint density at radius 1 is 1.07 bits per heavy atom. The van der Waals surface area contributed by atoms with Crippen LogP contribution in [0.15, 0.2) is 66.9 Å². The molecule has 1 fully saturated rings. The van der Waals surface area contributed by atoms with Gasteiger partial charge >= 0.3 is 6.03 Å². The first-order chi connectivity index (χ1) is 20.4. The fourth-order valence-electron chi connectivity index (χ4n) is 6.05. The molecule has 2 aliphatic heterocycles. The van der Waals surface area contributed by atoms with Crippen molar-refractivity contribution < 1.29 is 13.9 Å². The molecule has 1 saturated heterocycles. The van der Waals surface area contributed by atoms with Gasteiger partial charge in [-0.05, 0) is 61.0 Å². The molecule has 0 saturated carbocycles. The van der Waals surface area contributed by atoms with E-state index in [4.69, 9.17) is 14.8 Å². The molecule has 2 atom stereocenters. The number of amides is 2. The minimum absolute atomic E-state index is 0.0623. The van der Waals surface area contributed by atoms with Crippen LogP contribution in [0.4, 0.5) is 15.0 Å². The van der Waals surface area contributed by atoms with Crippen molar-refractivity contribution in [1.29, 1.82) is 0 Å². The first-order valence-corrected chi connectivity index (χ1v) is 14.3. The molecule has 218 valence electrons. The van der Waals surface area contributed by atoms with E-state index in [9.17, 15) is 9.18 Å². The molecule has 2 aromatic heterocycles. The highest BCUT2D eigenvalue weighted by Gasteiger charge is 2.35. The Morgan fingerprint density at radius 3 is 2.67 bits per heavy atom. The summed E-state index contributed by atoms with van der Waals surface area (Å²) < 4.78 is 21.2. The molecule has 4 aromatic rings. The number of hydrogen-bond donors (Lipinski definition) is 2. The standard InChI is InChI=1S/C32H36FN7O2/c1-21-30(28-15-23-17-38(2)18-24(23)16-34-28)37-40(26-10-5-4-6-11-26)31(21)36-32(41)35-29-20-39(12-13-42-3)19-27(29)22-8-7-9-25(33)14-22/h4-11,14-16,27,29H,12-13,17-20H2,1-3H3,(H2,35,36,41). The molecule has 0 radical (unpaired) electrons. The predicted molar refractivity (Wildman–Crippen MR) is 160 cm³/mol. The predicted octanol–water partition coefficient (Wildman–Crippen LogP) is 4.56. The lowest BCUT2D eigenvalue weighted by molar-refractivity contribution is 0.159. The van der Waals surface area contributed by atoms with Crippen molar-refractivity contribution in [3.8, 4) is 17.1 Å². The minimum atomic E-state index is -0.342. The van der Waals surface area contributed by atoms with E-state index >= 15 is 0 Å². The molecule has 2 aliphatic rings. The zero-order valence-corrected chi connectivity index (χ0v) is 24.2. The summed E-state index contributed by atoms with van der Waals surface area (Å²) in [4.78, 5) is 22.8. The van der Waals surface area contributed by atoms with Crippen LogP contribution in [0.2, 0.25) is 0 Å². The van der Waals surface area contributed by atoms with Crippen LogP contribution in [-0.4, -0.2) is 77.0 Å². The third-order valence-electron chi connectivity index (χ3n) is 8.16. The van der Waals surface area contributed by atoms with Crippen molar-refractivity contribution in [1.82, 2.24) is 29.9 Å². The van der Waals surface area contributed by atoms with Crippen molar-refractivity contribution in [3.05, 3.63) is 94.9 Å². The largest absolute Gasteiger partial charge is 0.383 e. The third-order valence-corrected chi connectivity index (χ3v) is 8.16. The number of fused-ring (bicyclic) bond motifs is 1. The molecule has 0 aliphatic carbocycles. The highest BCUT2D eigenvalue weighted by Crippen LogP contribution is 2.33. The van der Waals surface area contributed by atoms with E-state index in [0.717, 1.165) is 47.8 Å². The Bertz CT molecular complexity index is 1570. The van der Waals surface area contributed by atoms with Gasteiger partial charge in [0.2, 0.25) is 0 Å². The van der Waals surface area contributed by atoms with Crippen LogP contribution in [0.25, 0.3) is 17.1 Å². The molecule has 2 unspecified atom stereocenters. The molecule has 2 amide bonds. The quantitative estimate of drug-likeness (QED) is 0.324. The van der Waals surface area contributed by atoms with Crippen LogP contribution in [-0.2, 0) is 17.8 Å². The molecule has 2 N–H and O–H groups in total. The first-order valence-electron chi connectivity index (χ1n) is 14.3. The van der Waals surface area contributed by atoms with Gasteiger partial charge in [0, 0.05) is 57.5 Å². The number of pyridine rings is 1. The van der Waals surface area contributed by atoms with E-state index in [1.165, 1.54) is 17.2 Å². The summed E-state index contributed by atoms with van der Waals surface area (Å²) in [6.07, 6.45) is 1.93. The zero-order valence-electron chi connectivity index (χ0n) is 24.2. The van der Waals surface area contributed by atoms with E-state index in [0.29, 0.717) is 25.5 Å². The van der Waals surface area contributed by atoms with Crippen molar-refractivity contribution in [2.24, 2.45) is 0 Å². The first kappa shape index (κ1) is 28.0. The summed E-state index contributed by atoms with van der Waals surface area (Å²) in [7, 11) is 3.77. The number of benzene rings is 2.